The fraction of sp³-hybridized carbons (Fsp3) is 0.600. The summed E-state index contributed by atoms with van der Waals surface area (Å²) in [6.45, 7) is 7.19. The number of rotatable bonds is 8. The molecule has 0 spiro atoms. The van der Waals surface area contributed by atoms with Crippen molar-refractivity contribution in [3.8, 4) is 0 Å². The third kappa shape index (κ3) is 7.04. The van der Waals surface area contributed by atoms with Crippen LogP contribution in [0.2, 0.25) is 0 Å². The van der Waals surface area contributed by atoms with E-state index in [9.17, 15) is 4.79 Å². The standard InChI is InChI=1S/C20H33N5O/c1-3-14-25-15-10-18(11-16-25)24-20(21-2)23-13-7-12-22-19(26)17-8-5-4-6-9-17/h4-6,8-9,18H,3,7,10-16H2,1-2H3,(H,22,26)(H2,21,23,24). The number of aliphatic imine (C=N–C) groups is 1. The number of piperidine rings is 1. The Morgan fingerprint density at radius 3 is 2.50 bits per heavy atom. The normalized spacial score (nSPS) is 16.3. The first-order valence-corrected chi connectivity index (χ1v) is 9.75. The van der Waals surface area contributed by atoms with Gasteiger partial charge < -0.3 is 20.9 Å². The van der Waals surface area contributed by atoms with Crippen LogP contribution in [0.15, 0.2) is 35.3 Å². The molecular formula is C20H33N5O. The van der Waals surface area contributed by atoms with Crippen LogP contribution < -0.4 is 16.0 Å². The minimum atomic E-state index is -0.0213. The molecule has 3 N–H and O–H groups in total. The number of nitrogens with zero attached hydrogens (tertiary/aromatic N) is 2. The van der Waals surface area contributed by atoms with E-state index in [1.54, 1.807) is 7.05 Å². The Kier molecular flexibility index (Phi) is 8.96. The zero-order valence-corrected chi connectivity index (χ0v) is 16.1. The number of nitrogens with one attached hydrogen (secondary N) is 3. The molecule has 144 valence electrons. The molecule has 1 aliphatic rings. The lowest BCUT2D eigenvalue weighted by Gasteiger charge is -2.32. The predicted octanol–water partition coefficient (Wildman–Crippen LogP) is 1.85. The molecule has 6 nitrogen and oxygen atoms in total. The number of guanidine groups is 1. The van der Waals surface area contributed by atoms with Crippen molar-refractivity contribution in [2.45, 2.75) is 38.6 Å². The van der Waals surface area contributed by atoms with Gasteiger partial charge in [-0.2, -0.15) is 0 Å². The second kappa shape index (κ2) is 11.5. The number of hydrogen-bond acceptors (Lipinski definition) is 3. The molecule has 1 aromatic carbocycles. The Labute approximate surface area is 157 Å². The molecule has 6 heteroatoms. The summed E-state index contributed by atoms with van der Waals surface area (Å²) in [6, 6.07) is 9.80. The highest BCUT2D eigenvalue weighted by Crippen LogP contribution is 2.10. The van der Waals surface area contributed by atoms with Crippen LogP contribution in [0.3, 0.4) is 0 Å². The average Bonchev–Trinajstić information content (AvgIpc) is 2.69. The van der Waals surface area contributed by atoms with E-state index in [1.165, 1.54) is 13.0 Å². The van der Waals surface area contributed by atoms with E-state index in [2.05, 4.69) is 32.8 Å². The van der Waals surface area contributed by atoms with Gasteiger partial charge in [-0.3, -0.25) is 9.79 Å². The molecule has 1 saturated heterocycles. The Balaban J connectivity index is 1.58. The molecule has 2 rings (SSSR count). The van der Waals surface area contributed by atoms with Crippen LogP contribution in [0.4, 0.5) is 0 Å². The van der Waals surface area contributed by atoms with E-state index >= 15 is 0 Å². The van der Waals surface area contributed by atoms with Crippen molar-refractivity contribution in [1.29, 1.82) is 0 Å². The zero-order chi connectivity index (χ0) is 18.6. The van der Waals surface area contributed by atoms with E-state index in [4.69, 9.17) is 0 Å². The van der Waals surface area contributed by atoms with Gasteiger partial charge in [-0.05, 0) is 44.4 Å². The highest BCUT2D eigenvalue weighted by molar-refractivity contribution is 5.94. The quantitative estimate of drug-likeness (QED) is 0.376. The van der Waals surface area contributed by atoms with Crippen LogP contribution in [0.25, 0.3) is 0 Å². The molecule has 1 aromatic rings. The second-order valence-electron chi connectivity index (χ2n) is 6.73. The van der Waals surface area contributed by atoms with Gasteiger partial charge in [0.1, 0.15) is 0 Å². The lowest BCUT2D eigenvalue weighted by atomic mass is 10.1. The van der Waals surface area contributed by atoms with Crippen molar-refractivity contribution in [3.05, 3.63) is 35.9 Å². The molecule has 1 aliphatic heterocycles. The van der Waals surface area contributed by atoms with Crippen molar-refractivity contribution >= 4 is 11.9 Å². The third-order valence-corrected chi connectivity index (χ3v) is 4.66. The van der Waals surface area contributed by atoms with Crippen LogP contribution in [0, 0.1) is 0 Å². The van der Waals surface area contributed by atoms with Crippen LogP contribution in [0.1, 0.15) is 43.0 Å². The predicted molar refractivity (Wildman–Crippen MR) is 108 cm³/mol. The van der Waals surface area contributed by atoms with Gasteiger partial charge in [-0.25, -0.2) is 0 Å². The number of benzene rings is 1. The van der Waals surface area contributed by atoms with Crippen molar-refractivity contribution in [1.82, 2.24) is 20.9 Å². The smallest absolute Gasteiger partial charge is 0.251 e. The Bertz CT molecular complexity index is 553. The molecule has 1 heterocycles. The van der Waals surface area contributed by atoms with Gasteiger partial charge in [-0.1, -0.05) is 25.1 Å². The summed E-state index contributed by atoms with van der Waals surface area (Å²) in [5.74, 6) is 0.834. The van der Waals surface area contributed by atoms with Gasteiger partial charge in [0.25, 0.3) is 5.91 Å². The van der Waals surface area contributed by atoms with Gasteiger partial charge in [-0.15, -0.1) is 0 Å². The minimum absolute atomic E-state index is 0.0213. The fourth-order valence-corrected chi connectivity index (χ4v) is 3.19. The molecule has 0 radical (unpaired) electrons. The average molecular weight is 360 g/mol. The van der Waals surface area contributed by atoms with E-state index in [0.29, 0.717) is 18.2 Å². The summed E-state index contributed by atoms with van der Waals surface area (Å²) >= 11 is 0. The Morgan fingerprint density at radius 1 is 1.15 bits per heavy atom. The summed E-state index contributed by atoms with van der Waals surface area (Å²) in [5.41, 5.74) is 0.701. The Hall–Kier alpha value is -2.08. The maximum absolute atomic E-state index is 12.0. The van der Waals surface area contributed by atoms with Gasteiger partial charge in [0.05, 0.1) is 0 Å². The lowest BCUT2D eigenvalue weighted by Crippen LogP contribution is -2.49. The van der Waals surface area contributed by atoms with Gasteiger partial charge in [0.15, 0.2) is 5.96 Å². The molecule has 0 bridgehead atoms. The topological polar surface area (TPSA) is 68.8 Å². The van der Waals surface area contributed by atoms with Crippen molar-refractivity contribution in [3.63, 3.8) is 0 Å². The van der Waals surface area contributed by atoms with Crippen LogP contribution >= 0.6 is 0 Å². The fourth-order valence-electron chi connectivity index (χ4n) is 3.19. The van der Waals surface area contributed by atoms with Gasteiger partial charge >= 0.3 is 0 Å². The van der Waals surface area contributed by atoms with Crippen LogP contribution in [-0.4, -0.2) is 62.6 Å². The summed E-state index contributed by atoms with van der Waals surface area (Å²) in [7, 11) is 1.80. The SMILES string of the molecule is CCCN1CCC(NC(=NC)NCCCNC(=O)c2ccccc2)CC1. The number of amides is 1. The zero-order valence-electron chi connectivity index (χ0n) is 16.1. The number of likely N-dealkylation sites (tertiary alicyclic amines) is 1. The van der Waals surface area contributed by atoms with E-state index in [-0.39, 0.29) is 5.91 Å². The lowest BCUT2D eigenvalue weighted by molar-refractivity contribution is 0.0953. The molecule has 1 fully saturated rings. The first kappa shape index (κ1) is 20.2. The highest BCUT2D eigenvalue weighted by atomic mass is 16.1. The number of hydrogen-bond donors (Lipinski definition) is 3. The molecule has 0 aromatic heterocycles. The van der Waals surface area contributed by atoms with Gasteiger partial charge in [0.2, 0.25) is 0 Å². The number of carbonyl (C=O) groups is 1. The minimum Gasteiger partial charge on any atom is -0.356 e. The highest BCUT2D eigenvalue weighted by Gasteiger charge is 2.19. The van der Waals surface area contributed by atoms with E-state index < -0.39 is 0 Å². The van der Waals surface area contributed by atoms with Crippen LogP contribution in [-0.2, 0) is 0 Å². The van der Waals surface area contributed by atoms with E-state index in [1.807, 2.05) is 30.3 Å². The first-order valence-electron chi connectivity index (χ1n) is 9.75. The summed E-state index contributed by atoms with van der Waals surface area (Å²) in [4.78, 5) is 18.8. The summed E-state index contributed by atoms with van der Waals surface area (Å²) in [6.07, 6.45) is 4.40. The van der Waals surface area contributed by atoms with Crippen molar-refractivity contribution in [2.24, 2.45) is 4.99 Å². The molecule has 0 aliphatic carbocycles. The Morgan fingerprint density at radius 2 is 1.85 bits per heavy atom. The maximum atomic E-state index is 12.0. The number of carbonyl (C=O) groups excluding carboxylic acids is 1. The first-order chi connectivity index (χ1) is 12.7. The molecule has 26 heavy (non-hydrogen) atoms. The largest absolute Gasteiger partial charge is 0.356 e. The summed E-state index contributed by atoms with van der Waals surface area (Å²) in [5, 5.41) is 9.80. The molecule has 0 saturated carbocycles. The summed E-state index contributed by atoms with van der Waals surface area (Å²) < 4.78 is 0. The van der Waals surface area contributed by atoms with E-state index in [0.717, 1.165) is 44.9 Å². The maximum Gasteiger partial charge on any atom is 0.251 e. The molecular weight excluding hydrogens is 326 g/mol. The molecule has 0 unspecified atom stereocenters. The molecule has 0 atom stereocenters. The van der Waals surface area contributed by atoms with Crippen molar-refractivity contribution in [2.75, 3.05) is 39.8 Å². The third-order valence-electron chi connectivity index (χ3n) is 4.66. The second-order valence-corrected chi connectivity index (χ2v) is 6.73. The van der Waals surface area contributed by atoms with Crippen LogP contribution in [0.5, 0.6) is 0 Å². The molecule has 1 amide bonds. The monoisotopic (exact) mass is 359 g/mol. The van der Waals surface area contributed by atoms with Gasteiger partial charge in [0, 0.05) is 44.8 Å². The van der Waals surface area contributed by atoms with Crippen molar-refractivity contribution < 1.29 is 4.79 Å².